The molecule has 0 radical (unpaired) electrons. The Morgan fingerprint density at radius 3 is 2.42 bits per heavy atom. The summed E-state index contributed by atoms with van der Waals surface area (Å²) in [5, 5.41) is 13.0. The summed E-state index contributed by atoms with van der Waals surface area (Å²) >= 11 is 0. The summed E-state index contributed by atoms with van der Waals surface area (Å²) in [6.45, 7) is 0.574. The Morgan fingerprint density at radius 1 is 1.08 bits per heavy atom. The molecular formula is C17H18N4O2S. The molecule has 0 fully saturated rings. The second-order valence-electron chi connectivity index (χ2n) is 5.34. The number of para-hydroxylation sites is 1. The van der Waals surface area contributed by atoms with Crippen molar-refractivity contribution in [1.82, 2.24) is 15.1 Å². The molecule has 7 heteroatoms. The second kappa shape index (κ2) is 6.56. The Hall–Kier alpha value is -2.48. The summed E-state index contributed by atoms with van der Waals surface area (Å²) in [5.74, 6) is 0. The Labute approximate surface area is 141 Å². The lowest BCUT2D eigenvalue weighted by Gasteiger charge is -2.11. The van der Waals surface area contributed by atoms with Crippen molar-refractivity contribution in [3.05, 3.63) is 66.4 Å². The van der Waals surface area contributed by atoms with E-state index in [0.29, 0.717) is 12.2 Å². The minimum atomic E-state index is -3.86. The van der Waals surface area contributed by atoms with Gasteiger partial charge in [-0.1, -0.05) is 42.5 Å². The molecule has 1 aromatic heterocycles. The molecule has 1 heterocycles. The molecule has 24 heavy (non-hydrogen) atoms. The molecule has 3 aromatic rings. The van der Waals surface area contributed by atoms with Crippen LogP contribution < -0.4 is 10.5 Å². The highest BCUT2D eigenvalue weighted by molar-refractivity contribution is 7.89. The van der Waals surface area contributed by atoms with E-state index in [0.717, 1.165) is 17.0 Å². The summed E-state index contributed by atoms with van der Waals surface area (Å²) in [6.07, 6.45) is 0. The van der Waals surface area contributed by atoms with Gasteiger partial charge >= 0.3 is 0 Å². The Morgan fingerprint density at radius 2 is 1.75 bits per heavy atom. The van der Waals surface area contributed by atoms with Crippen molar-refractivity contribution in [2.24, 2.45) is 5.14 Å². The summed E-state index contributed by atoms with van der Waals surface area (Å²) in [6, 6.07) is 18.2. The number of nitrogens with one attached hydrogen (secondary N) is 1. The average molecular weight is 342 g/mol. The van der Waals surface area contributed by atoms with E-state index in [2.05, 4.69) is 10.4 Å². The summed E-state index contributed by atoms with van der Waals surface area (Å²) < 4.78 is 25.5. The monoisotopic (exact) mass is 342 g/mol. The van der Waals surface area contributed by atoms with E-state index in [1.807, 2.05) is 43.4 Å². The van der Waals surface area contributed by atoms with Crippen molar-refractivity contribution < 1.29 is 8.42 Å². The molecule has 0 aliphatic heterocycles. The van der Waals surface area contributed by atoms with Crippen LogP contribution in [0.1, 0.15) is 5.69 Å². The first-order chi connectivity index (χ1) is 11.5. The van der Waals surface area contributed by atoms with Gasteiger partial charge in [0.05, 0.1) is 17.1 Å². The Bertz CT molecular complexity index is 950. The van der Waals surface area contributed by atoms with Gasteiger partial charge in [-0.15, -0.1) is 0 Å². The van der Waals surface area contributed by atoms with Crippen molar-refractivity contribution in [3.8, 4) is 16.9 Å². The lowest BCUT2D eigenvalue weighted by Crippen LogP contribution is -2.16. The largest absolute Gasteiger partial charge is 0.314 e. The topological polar surface area (TPSA) is 90.0 Å². The first kappa shape index (κ1) is 16.4. The number of hydrogen-bond acceptors (Lipinski definition) is 4. The first-order valence-corrected chi connectivity index (χ1v) is 8.96. The minimum absolute atomic E-state index is 0.0429. The third kappa shape index (κ3) is 3.23. The Balaban J connectivity index is 2.25. The zero-order chi connectivity index (χ0) is 17.2. The molecule has 3 N–H and O–H groups in total. The van der Waals surface area contributed by atoms with Crippen LogP contribution in [-0.2, 0) is 16.6 Å². The van der Waals surface area contributed by atoms with Crippen LogP contribution >= 0.6 is 0 Å². The van der Waals surface area contributed by atoms with Crippen LogP contribution in [0.4, 0.5) is 0 Å². The van der Waals surface area contributed by atoms with Gasteiger partial charge in [-0.05, 0) is 25.2 Å². The second-order valence-corrected chi connectivity index (χ2v) is 6.87. The summed E-state index contributed by atoms with van der Waals surface area (Å²) in [7, 11) is -2.03. The third-order valence-corrected chi connectivity index (χ3v) is 4.55. The number of nitrogens with two attached hydrogens (primary N) is 1. The maximum absolute atomic E-state index is 11.9. The molecule has 0 bridgehead atoms. The summed E-state index contributed by atoms with van der Waals surface area (Å²) in [5.41, 5.74) is 2.98. The maximum atomic E-state index is 11.9. The van der Waals surface area contributed by atoms with Crippen molar-refractivity contribution in [3.63, 3.8) is 0 Å². The van der Waals surface area contributed by atoms with E-state index in [1.165, 1.54) is 6.07 Å². The first-order valence-electron chi connectivity index (χ1n) is 7.42. The van der Waals surface area contributed by atoms with Crippen LogP contribution in [0, 0.1) is 0 Å². The van der Waals surface area contributed by atoms with E-state index in [1.54, 1.807) is 22.9 Å². The smallest absolute Gasteiger partial charge is 0.240 e. The van der Waals surface area contributed by atoms with Gasteiger partial charge < -0.3 is 5.32 Å². The van der Waals surface area contributed by atoms with Crippen LogP contribution in [-0.4, -0.2) is 25.2 Å². The predicted molar refractivity (Wildman–Crippen MR) is 93.1 cm³/mol. The van der Waals surface area contributed by atoms with E-state index in [-0.39, 0.29) is 4.90 Å². The van der Waals surface area contributed by atoms with Gasteiger partial charge in [-0.3, -0.25) is 0 Å². The fourth-order valence-electron chi connectivity index (χ4n) is 2.57. The number of hydrogen-bond donors (Lipinski definition) is 2. The SMILES string of the molecule is CNCc1cc(-c2ccccc2)n(-c2ccccc2S(N)(=O)=O)n1. The fraction of sp³-hybridized carbons (Fsp3) is 0.118. The van der Waals surface area contributed by atoms with Gasteiger partial charge in [0.1, 0.15) is 4.90 Å². The number of aromatic nitrogens is 2. The molecular weight excluding hydrogens is 324 g/mol. The highest BCUT2D eigenvalue weighted by Gasteiger charge is 2.19. The number of nitrogens with zero attached hydrogens (tertiary/aromatic N) is 2. The van der Waals surface area contributed by atoms with Crippen LogP contribution in [0.2, 0.25) is 0 Å². The molecule has 0 aliphatic carbocycles. The molecule has 0 spiro atoms. The maximum Gasteiger partial charge on any atom is 0.240 e. The molecule has 2 aromatic carbocycles. The fourth-order valence-corrected chi connectivity index (χ4v) is 3.28. The van der Waals surface area contributed by atoms with E-state index >= 15 is 0 Å². The molecule has 0 amide bonds. The lowest BCUT2D eigenvalue weighted by molar-refractivity contribution is 0.596. The summed E-state index contributed by atoms with van der Waals surface area (Å²) in [4.78, 5) is 0.0429. The van der Waals surface area contributed by atoms with Gasteiger partial charge in [0.25, 0.3) is 0 Å². The van der Waals surface area contributed by atoms with E-state index in [9.17, 15) is 8.42 Å². The zero-order valence-corrected chi connectivity index (χ0v) is 14.0. The van der Waals surface area contributed by atoms with Crippen LogP contribution in [0.3, 0.4) is 0 Å². The van der Waals surface area contributed by atoms with Crippen molar-refractivity contribution in [1.29, 1.82) is 0 Å². The predicted octanol–water partition coefficient (Wildman–Crippen LogP) is 1.91. The van der Waals surface area contributed by atoms with Crippen LogP contribution in [0.15, 0.2) is 65.6 Å². The van der Waals surface area contributed by atoms with Gasteiger partial charge in [-0.25, -0.2) is 18.2 Å². The number of sulfonamides is 1. The van der Waals surface area contributed by atoms with Gasteiger partial charge in [-0.2, -0.15) is 5.10 Å². The van der Waals surface area contributed by atoms with Crippen LogP contribution in [0.5, 0.6) is 0 Å². The minimum Gasteiger partial charge on any atom is -0.314 e. The highest BCUT2D eigenvalue weighted by atomic mass is 32.2. The van der Waals surface area contributed by atoms with Gasteiger partial charge in [0, 0.05) is 12.1 Å². The lowest BCUT2D eigenvalue weighted by atomic mass is 10.1. The number of primary sulfonamides is 1. The molecule has 0 saturated heterocycles. The molecule has 0 saturated carbocycles. The third-order valence-electron chi connectivity index (χ3n) is 3.59. The molecule has 0 aliphatic rings. The normalized spacial score (nSPS) is 11.6. The molecule has 0 unspecified atom stereocenters. The quantitative estimate of drug-likeness (QED) is 0.741. The number of benzene rings is 2. The number of rotatable bonds is 5. The Kier molecular flexibility index (Phi) is 4.48. The standard InChI is InChI=1S/C17H18N4O2S/c1-19-12-14-11-16(13-7-3-2-4-8-13)21(20-14)15-9-5-6-10-17(15)24(18,22)23/h2-11,19H,12H2,1H3,(H2,18,22,23). The van der Waals surface area contributed by atoms with Gasteiger partial charge in [0.2, 0.25) is 10.0 Å². The van der Waals surface area contributed by atoms with E-state index in [4.69, 9.17) is 5.14 Å². The zero-order valence-electron chi connectivity index (χ0n) is 13.2. The van der Waals surface area contributed by atoms with Crippen molar-refractivity contribution in [2.45, 2.75) is 11.4 Å². The molecule has 3 rings (SSSR count). The van der Waals surface area contributed by atoms with Crippen molar-refractivity contribution in [2.75, 3.05) is 7.05 Å². The molecule has 6 nitrogen and oxygen atoms in total. The van der Waals surface area contributed by atoms with Crippen LogP contribution in [0.25, 0.3) is 16.9 Å². The molecule has 124 valence electrons. The highest BCUT2D eigenvalue weighted by Crippen LogP contribution is 2.27. The van der Waals surface area contributed by atoms with E-state index < -0.39 is 10.0 Å². The van der Waals surface area contributed by atoms with Gasteiger partial charge in [0.15, 0.2) is 0 Å². The average Bonchev–Trinajstić information content (AvgIpc) is 2.99. The molecule has 0 atom stereocenters. The van der Waals surface area contributed by atoms with Crippen molar-refractivity contribution >= 4 is 10.0 Å².